The SMILES string of the molecule is Cc1cc(O)cc(C)c1C[C@H](N)C(=O)N[C@H](CCCNC(=N)N)C(=O)N[C@H]1Cc2ccccc2CN(CCC(=O)N[C@@H](Cc2ccccc2)C(=O)N[C@@H](CCC(N)=O)C(=O)N[C@@H](Cc2ccccc2)C(=O)N[C@@H](CCC(N)=O)C(=O)N[C@@H](Cc2ccccc2)C(=O)N[C@@H](CCCCN)C(N)=O)C1=O. The van der Waals surface area contributed by atoms with Crippen LogP contribution in [-0.4, -0.2) is 161 Å². The molecular weight excluding hydrogens is 1320 g/mol. The predicted molar refractivity (Wildman–Crippen MR) is 383 cm³/mol. The quantitative estimate of drug-likeness (QED) is 0.0125. The van der Waals surface area contributed by atoms with Crippen molar-refractivity contribution < 1.29 is 62.6 Å². The van der Waals surface area contributed by atoms with Gasteiger partial charge in [-0.05, 0) is 128 Å². The minimum absolute atomic E-state index is 0.0100. The Morgan fingerprint density at radius 2 is 0.922 bits per heavy atom. The van der Waals surface area contributed by atoms with Crippen LogP contribution in [0.2, 0.25) is 0 Å². The highest BCUT2D eigenvalue weighted by atomic mass is 16.3. The smallest absolute Gasteiger partial charge is 0.245 e. The van der Waals surface area contributed by atoms with Crippen molar-refractivity contribution in [3.63, 3.8) is 0 Å². The van der Waals surface area contributed by atoms with Crippen LogP contribution >= 0.6 is 0 Å². The van der Waals surface area contributed by atoms with Gasteiger partial charge in [0.25, 0.3) is 0 Å². The number of nitrogens with one attached hydrogen (secondary N) is 10. The van der Waals surface area contributed by atoms with E-state index in [1.165, 1.54) is 4.90 Å². The van der Waals surface area contributed by atoms with E-state index in [1.807, 2.05) is 0 Å². The predicted octanol–water partition coefficient (Wildman–Crippen LogP) is -1.13. The van der Waals surface area contributed by atoms with E-state index in [4.69, 9.17) is 39.8 Å². The van der Waals surface area contributed by atoms with Crippen LogP contribution < -0.4 is 82.3 Å². The van der Waals surface area contributed by atoms with Gasteiger partial charge in [0.1, 0.15) is 54.1 Å². The fourth-order valence-corrected chi connectivity index (χ4v) is 11.9. The number of primary amides is 3. The van der Waals surface area contributed by atoms with Gasteiger partial charge in [-0.1, -0.05) is 115 Å². The van der Waals surface area contributed by atoms with Gasteiger partial charge >= 0.3 is 0 Å². The lowest BCUT2D eigenvalue weighted by Gasteiger charge is -2.28. The van der Waals surface area contributed by atoms with Crippen LogP contribution in [0.4, 0.5) is 0 Å². The molecule has 30 nitrogen and oxygen atoms in total. The molecule has 1 aliphatic heterocycles. The first kappa shape index (κ1) is 80.7. The number of hydrogen-bond acceptors (Lipinski definition) is 16. The van der Waals surface area contributed by atoms with Gasteiger partial charge in [-0.25, -0.2) is 0 Å². The molecule has 1 aliphatic rings. The van der Waals surface area contributed by atoms with E-state index in [0.717, 1.165) is 5.56 Å². The van der Waals surface area contributed by atoms with Crippen LogP contribution in [0.15, 0.2) is 127 Å². The van der Waals surface area contributed by atoms with Gasteiger partial charge in [0.2, 0.25) is 70.9 Å². The summed E-state index contributed by atoms with van der Waals surface area (Å²) in [5.41, 5.74) is 39.7. The molecule has 30 heteroatoms. The molecule has 6 rings (SSSR count). The van der Waals surface area contributed by atoms with E-state index >= 15 is 0 Å². The number of nitrogens with two attached hydrogens (primary N) is 6. The Morgan fingerprint density at radius 3 is 1.39 bits per heavy atom. The van der Waals surface area contributed by atoms with E-state index < -0.39 is 145 Å². The van der Waals surface area contributed by atoms with Crippen molar-refractivity contribution in [2.45, 2.75) is 171 Å². The second-order valence-electron chi connectivity index (χ2n) is 25.6. The number of aryl methyl sites for hydroxylation is 2. The molecule has 0 aliphatic carbocycles. The van der Waals surface area contributed by atoms with Crippen LogP contribution in [0.1, 0.15) is 109 Å². The summed E-state index contributed by atoms with van der Waals surface area (Å²) >= 11 is 0. The molecule has 0 unspecified atom stereocenters. The molecule has 0 bridgehead atoms. The Morgan fingerprint density at radius 1 is 0.505 bits per heavy atom. The fraction of sp³-hybridized carbons (Fsp3) is 0.411. The summed E-state index contributed by atoms with van der Waals surface area (Å²) < 4.78 is 0. The standard InChI is InChI=1S/C73H97N17O13/c1-43-35-50(91)36-44(2)51(43)41-52(75)65(96)84-54(26-16-33-81-73(79)80)66(97)89-60-40-48-23-12-13-24-49(48)42-90(72(60)103)34-31-63(94)82-57(37-45-17-6-3-7-18-45)69(100)85-55(27-29-61(76)92)67(98)88-59(39-47-21-10-5-11-22-47)71(102)86-56(28-30-62(77)93)68(99)87-58(38-46-19-8-4-9-20-46)70(101)83-53(64(78)95)25-14-15-32-74/h3-13,17-24,35-36,52-60,91H,14-16,25-34,37-42,74-75H2,1-2H3,(H2,76,92)(H2,77,93)(H2,78,95)(H,82,94)(H,83,101)(H,84,96)(H,85,100)(H,86,102)(H,87,99)(H,88,98)(H,89,97)(H4,79,80,81)/t52-,53-,54+,55-,56-,57-,58-,59-,60-/m0/s1. The molecule has 5 aromatic rings. The third-order valence-corrected chi connectivity index (χ3v) is 17.5. The molecule has 0 saturated carbocycles. The first-order chi connectivity index (χ1) is 49.2. The van der Waals surface area contributed by atoms with Gasteiger partial charge in [-0.2, -0.15) is 0 Å². The number of rotatable bonds is 41. The molecular formula is C73H97N17O13. The average molecular weight is 1420 g/mol. The molecule has 9 atom stereocenters. The number of phenols is 1. The lowest BCUT2D eigenvalue weighted by molar-refractivity contribution is -0.138. The van der Waals surface area contributed by atoms with Crippen molar-refractivity contribution in [1.82, 2.24) is 52.8 Å². The van der Waals surface area contributed by atoms with Crippen molar-refractivity contribution in [1.29, 1.82) is 5.41 Å². The summed E-state index contributed by atoms with van der Waals surface area (Å²) in [7, 11) is 0. The van der Waals surface area contributed by atoms with Crippen molar-refractivity contribution in [3.05, 3.63) is 172 Å². The number of carbonyl (C=O) groups is 12. The number of amides is 12. The van der Waals surface area contributed by atoms with Crippen LogP contribution in [-0.2, 0) is 96.2 Å². The molecule has 103 heavy (non-hydrogen) atoms. The fourth-order valence-electron chi connectivity index (χ4n) is 11.9. The van der Waals surface area contributed by atoms with E-state index in [9.17, 15) is 62.6 Å². The van der Waals surface area contributed by atoms with E-state index in [-0.39, 0.29) is 95.6 Å². The van der Waals surface area contributed by atoms with Crippen LogP contribution in [0, 0.1) is 19.3 Å². The third kappa shape index (κ3) is 27.0. The number of nitrogens with zero attached hydrogens (tertiary/aromatic N) is 1. The Bertz CT molecular complexity index is 3750. The Labute approximate surface area is 598 Å². The Kier molecular flexibility index (Phi) is 32.0. The summed E-state index contributed by atoms with van der Waals surface area (Å²) in [6.07, 6.45) is -0.995. The van der Waals surface area contributed by atoms with Crippen molar-refractivity contribution in [2.24, 2.45) is 34.4 Å². The number of hydrogen-bond donors (Lipinski definition) is 17. The Balaban J connectivity index is 1.21. The third-order valence-electron chi connectivity index (χ3n) is 17.5. The highest BCUT2D eigenvalue weighted by Gasteiger charge is 2.37. The molecule has 5 aromatic carbocycles. The summed E-state index contributed by atoms with van der Waals surface area (Å²) in [6.45, 7) is 3.83. The topological polar surface area (TPSA) is 517 Å². The Hall–Kier alpha value is -11.3. The zero-order valence-electron chi connectivity index (χ0n) is 58.0. The lowest BCUT2D eigenvalue weighted by Crippen LogP contribution is -2.60. The highest BCUT2D eigenvalue weighted by Crippen LogP contribution is 2.24. The number of unbranched alkanes of at least 4 members (excludes halogenated alkanes) is 1. The summed E-state index contributed by atoms with van der Waals surface area (Å²) in [5.74, 6) is -10.0. The molecule has 1 heterocycles. The zero-order valence-corrected chi connectivity index (χ0v) is 58.0. The summed E-state index contributed by atoms with van der Waals surface area (Å²) in [6, 6.07) is 23.6. The molecule has 12 amide bonds. The highest BCUT2D eigenvalue weighted by molar-refractivity contribution is 5.98. The molecule has 0 radical (unpaired) electrons. The number of aromatic hydroxyl groups is 1. The van der Waals surface area contributed by atoms with Crippen LogP contribution in [0.5, 0.6) is 5.75 Å². The van der Waals surface area contributed by atoms with E-state index in [2.05, 4.69) is 47.9 Å². The number of benzene rings is 5. The maximum atomic E-state index is 14.8. The molecule has 0 fully saturated rings. The summed E-state index contributed by atoms with van der Waals surface area (Å²) in [4.78, 5) is 169. The van der Waals surface area contributed by atoms with Gasteiger partial charge < -0.3 is 92.3 Å². The average Bonchev–Trinajstić information content (AvgIpc) is 1.74. The molecule has 0 saturated heterocycles. The van der Waals surface area contributed by atoms with Crippen molar-refractivity contribution >= 4 is 76.8 Å². The number of phenolic OH excluding ortho intramolecular Hbond substituents is 1. The van der Waals surface area contributed by atoms with Gasteiger partial charge in [0.05, 0.1) is 6.04 Å². The normalized spacial score (nSPS) is 14.9. The maximum Gasteiger partial charge on any atom is 0.245 e. The first-order valence-electron chi connectivity index (χ1n) is 34.3. The van der Waals surface area contributed by atoms with E-state index in [0.29, 0.717) is 58.3 Å². The monoisotopic (exact) mass is 1420 g/mol. The molecule has 23 N–H and O–H groups in total. The van der Waals surface area contributed by atoms with Gasteiger partial charge in [0.15, 0.2) is 5.96 Å². The minimum Gasteiger partial charge on any atom is -0.508 e. The molecule has 0 spiro atoms. The number of guanidine groups is 1. The largest absolute Gasteiger partial charge is 0.508 e. The zero-order chi connectivity index (χ0) is 75.1. The van der Waals surface area contributed by atoms with Gasteiger partial charge in [0, 0.05) is 64.6 Å². The van der Waals surface area contributed by atoms with Crippen molar-refractivity contribution in [2.75, 3.05) is 19.6 Å². The first-order valence-corrected chi connectivity index (χ1v) is 34.3. The lowest BCUT2D eigenvalue weighted by atomic mass is 9.95. The number of carbonyl (C=O) groups excluding carboxylic acids is 12. The molecule has 0 aromatic heterocycles. The van der Waals surface area contributed by atoms with Gasteiger partial charge in [-0.3, -0.25) is 62.9 Å². The molecule has 552 valence electrons. The van der Waals surface area contributed by atoms with Crippen LogP contribution in [0.25, 0.3) is 0 Å². The van der Waals surface area contributed by atoms with Crippen molar-refractivity contribution in [3.8, 4) is 5.75 Å². The second kappa shape index (κ2) is 40.8. The van der Waals surface area contributed by atoms with E-state index in [1.54, 1.807) is 141 Å². The second-order valence-corrected chi connectivity index (χ2v) is 25.6. The van der Waals surface area contributed by atoms with Crippen LogP contribution in [0.3, 0.4) is 0 Å². The minimum atomic E-state index is -1.62. The summed E-state index contributed by atoms with van der Waals surface area (Å²) in [5, 5.41) is 41.9. The van der Waals surface area contributed by atoms with Gasteiger partial charge in [-0.15, -0.1) is 0 Å². The number of fused-ring (bicyclic) bond motifs is 1. The maximum absolute atomic E-state index is 14.8.